The van der Waals surface area contributed by atoms with Gasteiger partial charge in [0.05, 0.1) is 12.1 Å². The number of carbonyl (C=O) groups is 1. The number of alkyl halides is 3. The summed E-state index contributed by atoms with van der Waals surface area (Å²) in [6.07, 6.45) is -4.77. The van der Waals surface area contributed by atoms with Crippen molar-refractivity contribution >= 4 is 23.2 Å². The van der Waals surface area contributed by atoms with Crippen LogP contribution in [0.3, 0.4) is 0 Å². The lowest BCUT2D eigenvalue weighted by molar-refractivity contribution is -0.274. The molecule has 0 unspecified atom stereocenters. The van der Waals surface area contributed by atoms with Gasteiger partial charge < -0.3 is 14.8 Å². The molecule has 0 aliphatic rings. The van der Waals surface area contributed by atoms with E-state index < -0.39 is 18.0 Å². The van der Waals surface area contributed by atoms with Gasteiger partial charge in [0.25, 0.3) is 5.91 Å². The van der Waals surface area contributed by atoms with E-state index in [0.717, 1.165) is 12.1 Å². The zero-order chi connectivity index (χ0) is 17.0. The summed E-state index contributed by atoms with van der Waals surface area (Å²) in [5.41, 5.74) is 0.600. The topological polar surface area (TPSA) is 47.6 Å². The van der Waals surface area contributed by atoms with E-state index in [1.54, 1.807) is 12.1 Å². The van der Waals surface area contributed by atoms with Crippen molar-refractivity contribution in [3.8, 4) is 11.5 Å². The number of rotatable bonds is 4. The Hall–Kier alpha value is -2.41. The van der Waals surface area contributed by atoms with Crippen LogP contribution in [-0.2, 0) is 0 Å². The number of anilines is 1. The number of hydrogen-bond acceptors (Lipinski definition) is 3. The van der Waals surface area contributed by atoms with Gasteiger partial charge in [-0.2, -0.15) is 0 Å². The average molecular weight is 346 g/mol. The van der Waals surface area contributed by atoms with E-state index >= 15 is 0 Å². The summed E-state index contributed by atoms with van der Waals surface area (Å²) in [4.78, 5) is 12.0. The number of carbonyl (C=O) groups excluding carboxylic acids is 1. The third-order valence-electron chi connectivity index (χ3n) is 2.76. The maximum Gasteiger partial charge on any atom is 0.573 e. The maximum absolute atomic E-state index is 12.1. The van der Waals surface area contributed by atoms with Gasteiger partial charge in [0.15, 0.2) is 0 Å². The molecule has 2 aromatic carbocycles. The Morgan fingerprint density at radius 1 is 1.13 bits per heavy atom. The summed E-state index contributed by atoms with van der Waals surface area (Å²) in [5.74, 6) is -0.440. The van der Waals surface area contributed by atoms with Crippen molar-refractivity contribution in [2.24, 2.45) is 0 Å². The van der Waals surface area contributed by atoms with Gasteiger partial charge in [-0.15, -0.1) is 13.2 Å². The third-order valence-corrected chi connectivity index (χ3v) is 3.06. The van der Waals surface area contributed by atoms with Gasteiger partial charge in [0, 0.05) is 11.3 Å². The first-order valence-electron chi connectivity index (χ1n) is 6.29. The quantitative estimate of drug-likeness (QED) is 0.887. The van der Waals surface area contributed by atoms with Crippen LogP contribution in [0.25, 0.3) is 0 Å². The molecule has 122 valence electrons. The molecule has 0 aliphatic carbocycles. The van der Waals surface area contributed by atoms with Crippen LogP contribution in [0.2, 0.25) is 5.02 Å². The molecule has 0 fully saturated rings. The number of amides is 1. The Morgan fingerprint density at radius 3 is 2.30 bits per heavy atom. The highest BCUT2D eigenvalue weighted by Gasteiger charge is 2.31. The molecule has 1 amide bonds. The summed E-state index contributed by atoms with van der Waals surface area (Å²) >= 11 is 5.94. The van der Waals surface area contributed by atoms with E-state index in [4.69, 9.17) is 16.3 Å². The molecule has 0 aliphatic heterocycles. The van der Waals surface area contributed by atoms with Gasteiger partial charge in [-0.1, -0.05) is 11.6 Å². The number of ether oxygens (including phenoxy) is 2. The van der Waals surface area contributed by atoms with E-state index in [1.807, 2.05) is 0 Å². The first kappa shape index (κ1) is 17.0. The zero-order valence-corrected chi connectivity index (χ0v) is 12.5. The van der Waals surface area contributed by atoms with Crippen LogP contribution in [0.15, 0.2) is 42.5 Å². The molecule has 2 rings (SSSR count). The molecule has 1 N–H and O–H groups in total. The van der Waals surface area contributed by atoms with Crippen LogP contribution in [0.5, 0.6) is 11.5 Å². The second-order valence-corrected chi connectivity index (χ2v) is 4.78. The van der Waals surface area contributed by atoms with Crippen LogP contribution >= 0.6 is 11.6 Å². The summed E-state index contributed by atoms with van der Waals surface area (Å²) in [6, 6.07) is 9.23. The molecule has 0 radical (unpaired) electrons. The second kappa shape index (κ2) is 6.78. The van der Waals surface area contributed by atoms with E-state index in [2.05, 4.69) is 10.1 Å². The van der Waals surface area contributed by atoms with Crippen molar-refractivity contribution < 1.29 is 27.4 Å². The van der Waals surface area contributed by atoms with Crippen molar-refractivity contribution in [2.45, 2.75) is 6.36 Å². The first-order valence-corrected chi connectivity index (χ1v) is 6.67. The Morgan fingerprint density at radius 2 is 1.78 bits per heavy atom. The average Bonchev–Trinajstić information content (AvgIpc) is 2.46. The van der Waals surface area contributed by atoms with Crippen molar-refractivity contribution in [2.75, 3.05) is 12.4 Å². The predicted molar refractivity (Wildman–Crippen MR) is 79.1 cm³/mol. The summed E-state index contributed by atoms with van der Waals surface area (Å²) < 4.78 is 44.9. The summed E-state index contributed by atoms with van der Waals surface area (Å²) in [6.45, 7) is 0. The molecule has 0 bridgehead atoms. The Bertz CT molecular complexity index is 702. The molecule has 0 heterocycles. The van der Waals surface area contributed by atoms with Gasteiger partial charge in [0.2, 0.25) is 0 Å². The Balaban J connectivity index is 2.07. The van der Waals surface area contributed by atoms with Gasteiger partial charge in [0.1, 0.15) is 11.5 Å². The smallest absolute Gasteiger partial charge is 0.495 e. The second-order valence-electron chi connectivity index (χ2n) is 4.38. The van der Waals surface area contributed by atoms with E-state index in [9.17, 15) is 18.0 Å². The number of nitrogens with one attached hydrogen (secondary N) is 1. The Kier molecular flexibility index (Phi) is 5.00. The van der Waals surface area contributed by atoms with Crippen molar-refractivity contribution in [3.63, 3.8) is 0 Å². The van der Waals surface area contributed by atoms with Crippen molar-refractivity contribution in [1.82, 2.24) is 0 Å². The molecule has 0 atom stereocenters. The normalized spacial score (nSPS) is 11.0. The highest BCUT2D eigenvalue weighted by Crippen LogP contribution is 2.27. The summed E-state index contributed by atoms with van der Waals surface area (Å²) in [5, 5.41) is 2.89. The number of hydrogen-bond donors (Lipinski definition) is 1. The lowest BCUT2D eigenvalue weighted by Gasteiger charge is -2.10. The number of halogens is 4. The van der Waals surface area contributed by atoms with Gasteiger partial charge in [-0.25, -0.2) is 0 Å². The fourth-order valence-electron chi connectivity index (χ4n) is 1.76. The van der Waals surface area contributed by atoms with E-state index in [-0.39, 0.29) is 5.56 Å². The van der Waals surface area contributed by atoms with E-state index in [1.165, 1.54) is 25.3 Å². The fraction of sp³-hybridized carbons (Fsp3) is 0.133. The minimum absolute atomic E-state index is 0.173. The molecule has 0 aromatic heterocycles. The number of methoxy groups -OCH3 is 1. The fourth-order valence-corrected chi connectivity index (χ4v) is 2.01. The van der Waals surface area contributed by atoms with Crippen molar-refractivity contribution in [3.05, 3.63) is 53.1 Å². The third kappa shape index (κ3) is 4.79. The van der Waals surface area contributed by atoms with Crippen LogP contribution in [0.1, 0.15) is 10.4 Å². The van der Waals surface area contributed by atoms with Crippen LogP contribution in [-0.4, -0.2) is 19.4 Å². The molecule has 0 spiro atoms. The lowest BCUT2D eigenvalue weighted by Crippen LogP contribution is -2.17. The van der Waals surface area contributed by atoms with Gasteiger partial charge >= 0.3 is 6.36 Å². The lowest BCUT2D eigenvalue weighted by atomic mass is 10.2. The number of benzene rings is 2. The molecule has 8 heteroatoms. The standard InChI is InChI=1S/C15H11ClF3NO3/c1-22-13-7-4-10(8-12(13)16)20-14(21)9-2-5-11(6-3-9)23-15(17,18)19/h2-8H,1H3,(H,20,21). The highest BCUT2D eigenvalue weighted by molar-refractivity contribution is 6.32. The molecule has 0 saturated carbocycles. The Labute approximate surface area is 134 Å². The molecule has 2 aromatic rings. The van der Waals surface area contributed by atoms with Gasteiger partial charge in [-0.3, -0.25) is 4.79 Å². The molecule has 4 nitrogen and oxygen atoms in total. The van der Waals surface area contributed by atoms with Crippen LogP contribution < -0.4 is 14.8 Å². The predicted octanol–water partition coefficient (Wildman–Crippen LogP) is 4.50. The van der Waals surface area contributed by atoms with Gasteiger partial charge in [-0.05, 0) is 42.5 Å². The van der Waals surface area contributed by atoms with Crippen LogP contribution in [0, 0.1) is 0 Å². The largest absolute Gasteiger partial charge is 0.573 e. The maximum atomic E-state index is 12.1. The minimum atomic E-state index is -4.77. The molecular weight excluding hydrogens is 335 g/mol. The zero-order valence-electron chi connectivity index (χ0n) is 11.8. The molecule has 0 saturated heterocycles. The van der Waals surface area contributed by atoms with Crippen molar-refractivity contribution in [1.29, 1.82) is 0 Å². The minimum Gasteiger partial charge on any atom is -0.495 e. The van der Waals surface area contributed by atoms with Crippen LogP contribution in [0.4, 0.5) is 18.9 Å². The SMILES string of the molecule is COc1ccc(NC(=O)c2ccc(OC(F)(F)F)cc2)cc1Cl. The highest BCUT2D eigenvalue weighted by atomic mass is 35.5. The first-order chi connectivity index (χ1) is 10.8. The van der Waals surface area contributed by atoms with E-state index in [0.29, 0.717) is 16.5 Å². The molecular formula is C15H11ClF3NO3. The molecule has 23 heavy (non-hydrogen) atoms. The summed E-state index contributed by atoms with van der Waals surface area (Å²) in [7, 11) is 1.46. The monoisotopic (exact) mass is 345 g/mol.